The summed E-state index contributed by atoms with van der Waals surface area (Å²) in [6.45, 7) is 1.79. The molecular formula is C20H17NO4S. The number of carbonyl (C=O) groups is 3. The first-order valence-corrected chi connectivity index (χ1v) is 8.93. The zero-order valence-electron chi connectivity index (χ0n) is 14.1. The zero-order valence-corrected chi connectivity index (χ0v) is 14.9. The van der Waals surface area contributed by atoms with Crippen LogP contribution in [0.4, 0.5) is 4.79 Å². The fraction of sp³-hybridized carbons (Fsp3) is 0.150. The molecule has 1 atom stereocenters. The Morgan fingerprint density at radius 3 is 2.73 bits per heavy atom. The van der Waals surface area contributed by atoms with E-state index in [1.54, 1.807) is 49.4 Å². The third-order valence-electron chi connectivity index (χ3n) is 4.05. The minimum absolute atomic E-state index is 0.155. The van der Waals surface area contributed by atoms with E-state index in [1.807, 2.05) is 6.07 Å². The first kappa shape index (κ1) is 17.9. The lowest BCUT2D eigenvalue weighted by Gasteiger charge is -2.06. The van der Waals surface area contributed by atoms with Gasteiger partial charge in [-0.25, -0.2) is 0 Å². The lowest BCUT2D eigenvalue weighted by Crippen LogP contribution is -2.25. The number of ketones is 1. The van der Waals surface area contributed by atoms with Crippen LogP contribution in [0.5, 0.6) is 5.75 Å². The maximum absolute atomic E-state index is 12.4. The monoisotopic (exact) mass is 367 g/mol. The van der Waals surface area contributed by atoms with Crippen LogP contribution in [0.3, 0.4) is 0 Å². The molecule has 1 heterocycles. The van der Waals surface area contributed by atoms with E-state index in [0.717, 1.165) is 28.5 Å². The van der Waals surface area contributed by atoms with Gasteiger partial charge in [-0.05, 0) is 54.3 Å². The number of imide groups is 1. The molecule has 2 amide bonds. The van der Waals surface area contributed by atoms with E-state index in [0.29, 0.717) is 12.0 Å². The topological polar surface area (TPSA) is 83.5 Å². The Hall–Kier alpha value is -2.86. The highest BCUT2D eigenvalue weighted by atomic mass is 32.2. The second-order valence-electron chi connectivity index (χ2n) is 6.03. The molecule has 0 radical (unpaired) electrons. The Morgan fingerprint density at radius 1 is 1.23 bits per heavy atom. The molecule has 1 aliphatic rings. The van der Waals surface area contributed by atoms with E-state index in [1.165, 1.54) is 6.08 Å². The molecule has 0 bridgehead atoms. The molecule has 1 fully saturated rings. The van der Waals surface area contributed by atoms with Crippen LogP contribution in [0, 0.1) is 6.92 Å². The van der Waals surface area contributed by atoms with Gasteiger partial charge in [0.15, 0.2) is 5.78 Å². The lowest BCUT2D eigenvalue weighted by molar-refractivity contribution is -0.118. The summed E-state index contributed by atoms with van der Waals surface area (Å²) in [6, 6.07) is 12.2. The zero-order chi connectivity index (χ0) is 18.7. The highest BCUT2D eigenvalue weighted by molar-refractivity contribution is 8.15. The number of rotatable bonds is 5. The van der Waals surface area contributed by atoms with Gasteiger partial charge in [-0.2, -0.15) is 0 Å². The number of hydrogen-bond acceptors (Lipinski definition) is 5. The fourth-order valence-corrected chi connectivity index (χ4v) is 3.50. The Labute approximate surface area is 155 Å². The van der Waals surface area contributed by atoms with Crippen molar-refractivity contribution in [2.24, 2.45) is 0 Å². The van der Waals surface area contributed by atoms with Gasteiger partial charge in [0.2, 0.25) is 5.91 Å². The summed E-state index contributed by atoms with van der Waals surface area (Å²) in [7, 11) is 0. The van der Waals surface area contributed by atoms with Crippen LogP contribution >= 0.6 is 11.8 Å². The molecule has 132 valence electrons. The molecule has 1 aliphatic heterocycles. The Balaban J connectivity index is 1.71. The average molecular weight is 367 g/mol. The Kier molecular flexibility index (Phi) is 5.23. The van der Waals surface area contributed by atoms with Gasteiger partial charge in [-0.3, -0.25) is 19.7 Å². The number of hydrogen-bond donors (Lipinski definition) is 2. The molecular weight excluding hydrogens is 350 g/mol. The van der Waals surface area contributed by atoms with Gasteiger partial charge in [-0.15, -0.1) is 0 Å². The standard InChI is InChI=1S/C20H17NO4S/c1-12-9-13(5-7-16(12)22)6-8-17(23)15-4-2-3-14(10-15)11-18-19(24)21-20(25)26-18/h2-10,18,22H,11H2,1H3,(H,21,24,25). The molecule has 26 heavy (non-hydrogen) atoms. The molecule has 0 spiro atoms. The average Bonchev–Trinajstić information content (AvgIpc) is 2.93. The van der Waals surface area contributed by atoms with Crippen LogP contribution in [0.1, 0.15) is 27.0 Å². The molecule has 2 aromatic carbocycles. The van der Waals surface area contributed by atoms with Crippen LogP contribution in [0.25, 0.3) is 6.08 Å². The lowest BCUT2D eigenvalue weighted by atomic mass is 10.0. The van der Waals surface area contributed by atoms with Crippen LogP contribution in [-0.4, -0.2) is 27.3 Å². The van der Waals surface area contributed by atoms with Gasteiger partial charge in [0.05, 0.1) is 5.25 Å². The number of aromatic hydroxyl groups is 1. The second-order valence-corrected chi connectivity index (χ2v) is 7.21. The van der Waals surface area contributed by atoms with Gasteiger partial charge in [0.25, 0.3) is 5.24 Å². The van der Waals surface area contributed by atoms with Crippen molar-refractivity contribution in [2.45, 2.75) is 18.6 Å². The molecule has 3 rings (SSSR count). The number of phenols is 1. The van der Waals surface area contributed by atoms with Crippen molar-refractivity contribution < 1.29 is 19.5 Å². The van der Waals surface area contributed by atoms with Crippen molar-refractivity contribution in [1.29, 1.82) is 0 Å². The van der Waals surface area contributed by atoms with E-state index in [9.17, 15) is 19.5 Å². The van der Waals surface area contributed by atoms with Crippen molar-refractivity contribution in [1.82, 2.24) is 5.32 Å². The van der Waals surface area contributed by atoms with E-state index in [2.05, 4.69) is 5.32 Å². The van der Waals surface area contributed by atoms with Crippen molar-refractivity contribution in [3.05, 3.63) is 70.8 Å². The van der Waals surface area contributed by atoms with Crippen LogP contribution < -0.4 is 5.32 Å². The number of phenolic OH excluding ortho intramolecular Hbond substituents is 1. The summed E-state index contributed by atoms with van der Waals surface area (Å²) < 4.78 is 0. The molecule has 0 aromatic heterocycles. The van der Waals surface area contributed by atoms with Crippen LogP contribution in [0.2, 0.25) is 0 Å². The quantitative estimate of drug-likeness (QED) is 0.624. The van der Waals surface area contributed by atoms with Crippen LogP contribution in [-0.2, 0) is 11.2 Å². The number of carbonyl (C=O) groups excluding carboxylic acids is 3. The van der Waals surface area contributed by atoms with Crippen molar-refractivity contribution >= 4 is 34.8 Å². The molecule has 0 saturated carbocycles. The van der Waals surface area contributed by atoms with Gasteiger partial charge in [0.1, 0.15) is 5.75 Å². The molecule has 1 saturated heterocycles. The van der Waals surface area contributed by atoms with E-state index in [4.69, 9.17) is 0 Å². The largest absolute Gasteiger partial charge is 0.508 e. The third kappa shape index (κ3) is 4.21. The molecule has 5 nitrogen and oxygen atoms in total. The minimum Gasteiger partial charge on any atom is -0.508 e. The summed E-state index contributed by atoms with van der Waals surface area (Å²) in [5, 5.41) is 11.0. The number of allylic oxidation sites excluding steroid dienone is 1. The van der Waals surface area contributed by atoms with Gasteiger partial charge in [-0.1, -0.05) is 42.1 Å². The van der Waals surface area contributed by atoms with Crippen molar-refractivity contribution in [2.75, 3.05) is 0 Å². The smallest absolute Gasteiger partial charge is 0.286 e. The predicted octanol–water partition coefficient (Wildman–Crippen LogP) is 3.49. The molecule has 0 aliphatic carbocycles. The second kappa shape index (κ2) is 7.58. The number of thioether (sulfide) groups is 1. The maximum Gasteiger partial charge on any atom is 0.286 e. The number of amides is 2. The normalized spacial score (nSPS) is 16.9. The summed E-state index contributed by atoms with van der Waals surface area (Å²) in [5.74, 6) is -0.231. The Bertz CT molecular complexity index is 920. The summed E-state index contributed by atoms with van der Waals surface area (Å²) >= 11 is 0.974. The van der Waals surface area contributed by atoms with Crippen LogP contribution in [0.15, 0.2) is 48.5 Å². The van der Waals surface area contributed by atoms with Gasteiger partial charge < -0.3 is 5.11 Å². The maximum atomic E-state index is 12.4. The summed E-state index contributed by atoms with van der Waals surface area (Å²) in [5.41, 5.74) is 2.90. The fourth-order valence-electron chi connectivity index (χ4n) is 2.64. The number of nitrogens with one attached hydrogen (secondary N) is 1. The Morgan fingerprint density at radius 2 is 2.04 bits per heavy atom. The summed E-state index contributed by atoms with van der Waals surface area (Å²) in [4.78, 5) is 35.3. The van der Waals surface area contributed by atoms with Gasteiger partial charge >= 0.3 is 0 Å². The first-order valence-electron chi connectivity index (χ1n) is 8.05. The molecule has 2 aromatic rings. The first-order chi connectivity index (χ1) is 12.4. The SMILES string of the molecule is Cc1cc(C=CC(=O)c2cccc(CC3SC(=O)NC3=O)c2)ccc1O. The number of benzene rings is 2. The minimum atomic E-state index is -0.455. The van der Waals surface area contributed by atoms with Crippen molar-refractivity contribution in [3.8, 4) is 5.75 Å². The molecule has 1 unspecified atom stereocenters. The number of aryl methyl sites for hydroxylation is 1. The van der Waals surface area contributed by atoms with E-state index >= 15 is 0 Å². The molecule has 2 N–H and O–H groups in total. The van der Waals surface area contributed by atoms with E-state index < -0.39 is 5.25 Å². The predicted molar refractivity (Wildman–Crippen MR) is 101 cm³/mol. The van der Waals surface area contributed by atoms with E-state index in [-0.39, 0.29) is 22.7 Å². The third-order valence-corrected chi connectivity index (χ3v) is 5.03. The van der Waals surface area contributed by atoms with Crippen molar-refractivity contribution in [3.63, 3.8) is 0 Å². The highest BCUT2D eigenvalue weighted by Gasteiger charge is 2.31. The summed E-state index contributed by atoms with van der Waals surface area (Å²) in [6.07, 6.45) is 3.57. The molecule has 6 heteroatoms. The highest BCUT2D eigenvalue weighted by Crippen LogP contribution is 2.23. The van der Waals surface area contributed by atoms with Gasteiger partial charge in [0, 0.05) is 5.56 Å².